The lowest BCUT2D eigenvalue weighted by molar-refractivity contribution is -0.118. The molecular weight excluding hydrogens is 210 g/mol. The molecule has 0 spiro atoms. The quantitative estimate of drug-likeness (QED) is 0.613. The third-order valence-corrected chi connectivity index (χ3v) is 2.44. The fourth-order valence-corrected chi connectivity index (χ4v) is 1.65. The summed E-state index contributed by atoms with van der Waals surface area (Å²) in [4.78, 5) is 15.7. The second kappa shape index (κ2) is 3.94. The van der Waals surface area contributed by atoms with Crippen LogP contribution in [0.4, 0.5) is 0 Å². The van der Waals surface area contributed by atoms with Crippen LogP contribution in [-0.2, 0) is 4.79 Å². The Bertz CT molecular complexity index is 416. The second-order valence-electron chi connectivity index (χ2n) is 3.24. The summed E-state index contributed by atoms with van der Waals surface area (Å²) in [7, 11) is 0. The molecule has 0 bridgehead atoms. The van der Waals surface area contributed by atoms with E-state index in [1.807, 2.05) is 18.2 Å². The SMILES string of the molecule is CC1=C(c2ccccn2)NC(S)NC1=O. The lowest BCUT2D eigenvalue weighted by Crippen LogP contribution is -2.46. The molecule has 1 aliphatic heterocycles. The average molecular weight is 221 g/mol. The minimum absolute atomic E-state index is 0.116. The fraction of sp³-hybridized carbons (Fsp3) is 0.200. The highest BCUT2D eigenvalue weighted by molar-refractivity contribution is 7.80. The van der Waals surface area contributed by atoms with Gasteiger partial charge in [-0.25, -0.2) is 0 Å². The van der Waals surface area contributed by atoms with E-state index < -0.39 is 0 Å². The van der Waals surface area contributed by atoms with Gasteiger partial charge in [-0.2, -0.15) is 0 Å². The first-order valence-corrected chi connectivity index (χ1v) is 5.08. The third kappa shape index (κ3) is 1.97. The number of carbonyl (C=O) groups is 1. The van der Waals surface area contributed by atoms with Crippen LogP contribution in [0.1, 0.15) is 12.6 Å². The minimum Gasteiger partial charge on any atom is -0.355 e. The molecule has 1 aromatic heterocycles. The van der Waals surface area contributed by atoms with E-state index in [2.05, 4.69) is 28.2 Å². The molecule has 0 aliphatic carbocycles. The molecule has 78 valence electrons. The van der Waals surface area contributed by atoms with E-state index in [1.54, 1.807) is 13.1 Å². The van der Waals surface area contributed by atoms with Crippen LogP contribution in [0.3, 0.4) is 0 Å². The molecule has 1 aliphatic rings. The van der Waals surface area contributed by atoms with Crippen molar-refractivity contribution in [3.05, 3.63) is 35.7 Å². The number of aromatic nitrogens is 1. The van der Waals surface area contributed by atoms with E-state index in [9.17, 15) is 4.79 Å². The Balaban J connectivity index is 2.43. The normalized spacial score (nSPS) is 20.9. The van der Waals surface area contributed by atoms with Gasteiger partial charge in [0.25, 0.3) is 5.91 Å². The second-order valence-corrected chi connectivity index (χ2v) is 3.75. The molecule has 5 heteroatoms. The highest BCUT2D eigenvalue weighted by Crippen LogP contribution is 2.17. The molecule has 4 nitrogen and oxygen atoms in total. The van der Waals surface area contributed by atoms with Gasteiger partial charge in [-0.05, 0) is 19.1 Å². The number of pyridine rings is 1. The highest BCUT2D eigenvalue weighted by atomic mass is 32.1. The van der Waals surface area contributed by atoms with Crippen molar-refractivity contribution in [2.24, 2.45) is 0 Å². The van der Waals surface area contributed by atoms with Crippen molar-refractivity contribution < 1.29 is 4.79 Å². The summed E-state index contributed by atoms with van der Waals surface area (Å²) in [6.45, 7) is 1.76. The summed E-state index contributed by atoms with van der Waals surface area (Å²) in [5, 5.41) is 5.72. The Labute approximate surface area is 93.2 Å². The first-order chi connectivity index (χ1) is 7.18. The van der Waals surface area contributed by atoms with Crippen LogP contribution in [0.25, 0.3) is 5.70 Å². The van der Waals surface area contributed by atoms with Crippen LogP contribution in [-0.4, -0.2) is 16.4 Å². The molecule has 15 heavy (non-hydrogen) atoms. The summed E-state index contributed by atoms with van der Waals surface area (Å²) < 4.78 is 0. The Hall–Kier alpha value is -1.49. The molecule has 1 unspecified atom stereocenters. The number of rotatable bonds is 1. The van der Waals surface area contributed by atoms with Crippen LogP contribution in [0.2, 0.25) is 0 Å². The number of nitrogens with zero attached hydrogens (tertiary/aromatic N) is 1. The predicted octanol–water partition coefficient (Wildman–Crippen LogP) is 0.745. The first-order valence-electron chi connectivity index (χ1n) is 4.56. The first kappa shape index (κ1) is 10.0. The minimum atomic E-state index is -0.363. The van der Waals surface area contributed by atoms with Crippen molar-refractivity contribution in [3.63, 3.8) is 0 Å². The molecule has 1 atom stereocenters. The third-order valence-electron chi connectivity index (χ3n) is 2.19. The molecule has 2 N–H and O–H groups in total. The maximum atomic E-state index is 11.5. The standard InChI is InChI=1S/C10H11N3OS/c1-6-8(7-4-2-3-5-11-7)12-10(15)13-9(6)14/h2-5,10,12,15H,1H3,(H,13,14). The summed E-state index contributed by atoms with van der Waals surface area (Å²) in [6.07, 6.45) is 1.69. The van der Waals surface area contributed by atoms with Gasteiger partial charge in [-0.1, -0.05) is 6.07 Å². The molecule has 0 saturated heterocycles. The van der Waals surface area contributed by atoms with Crippen molar-refractivity contribution in [3.8, 4) is 0 Å². The largest absolute Gasteiger partial charge is 0.355 e. The van der Waals surface area contributed by atoms with Crippen LogP contribution in [0.15, 0.2) is 30.0 Å². The van der Waals surface area contributed by atoms with Crippen molar-refractivity contribution in [1.29, 1.82) is 0 Å². The van der Waals surface area contributed by atoms with Crippen molar-refractivity contribution in [1.82, 2.24) is 15.6 Å². The molecule has 2 rings (SSSR count). The van der Waals surface area contributed by atoms with Gasteiger partial charge in [0.1, 0.15) is 5.50 Å². The van der Waals surface area contributed by atoms with Crippen molar-refractivity contribution in [2.45, 2.75) is 12.4 Å². The Morgan fingerprint density at radius 2 is 2.20 bits per heavy atom. The Morgan fingerprint density at radius 1 is 1.40 bits per heavy atom. The average Bonchev–Trinajstić information content (AvgIpc) is 2.24. The topological polar surface area (TPSA) is 54.0 Å². The van der Waals surface area contributed by atoms with E-state index in [0.29, 0.717) is 5.57 Å². The number of hydrogen-bond acceptors (Lipinski definition) is 4. The summed E-state index contributed by atoms with van der Waals surface area (Å²) in [5.41, 5.74) is 1.75. The lowest BCUT2D eigenvalue weighted by atomic mass is 10.1. The van der Waals surface area contributed by atoms with Gasteiger partial charge in [0, 0.05) is 11.8 Å². The zero-order chi connectivity index (χ0) is 10.8. The maximum absolute atomic E-state index is 11.5. The van der Waals surface area contributed by atoms with Crippen LogP contribution in [0.5, 0.6) is 0 Å². The number of nitrogens with one attached hydrogen (secondary N) is 2. The molecular formula is C10H11N3OS. The highest BCUT2D eigenvalue weighted by Gasteiger charge is 2.22. The van der Waals surface area contributed by atoms with Gasteiger partial charge in [0.2, 0.25) is 0 Å². The maximum Gasteiger partial charge on any atom is 0.251 e. The van der Waals surface area contributed by atoms with E-state index in [-0.39, 0.29) is 11.4 Å². The Kier molecular flexibility index (Phi) is 2.64. The van der Waals surface area contributed by atoms with Gasteiger partial charge in [-0.15, -0.1) is 12.6 Å². The van der Waals surface area contributed by atoms with Gasteiger partial charge in [0.05, 0.1) is 11.4 Å². The van der Waals surface area contributed by atoms with Gasteiger partial charge in [0.15, 0.2) is 0 Å². The van der Waals surface area contributed by atoms with Gasteiger partial charge in [-0.3, -0.25) is 9.78 Å². The van der Waals surface area contributed by atoms with Crippen LogP contribution < -0.4 is 10.6 Å². The lowest BCUT2D eigenvalue weighted by Gasteiger charge is -2.25. The van der Waals surface area contributed by atoms with Crippen molar-refractivity contribution in [2.75, 3.05) is 0 Å². The van der Waals surface area contributed by atoms with Gasteiger partial charge >= 0.3 is 0 Å². The predicted molar refractivity (Wildman–Crippen MR) is 60.9 cm³/mol. The molecule has 2 heterocycles. The number of hydrogen-bond donors (Lipinski definition) is 3. The van der Waals surface area contributed by atoms with E-state index in [4.69, 9.17) is 0 Å². The zero-order valence-electron chi connectivity index (χ0n) is 8.19. The van der Waals surface area contributed by atoms with Crippen LogP contribution in [0, 0.1) is 0 Å². The molecule has 0 radical (unpaired) electrons. The number of thiol groups is 1. The van der Waals surface area contributed by atoms with Gasteiger partial charge < -0.3 is 10.6 Å². The number of amides is 1. The monoisotopic (exact) mass is 221 g/mol. The summed E-state index contributed by atoms with van der Waals surface area (Å²) in [5.74, 6) is -0.116. The van der Waals surface area contributed by atoms with E-state index in [0.717, 1.165) is 11.4 Å². The fourth-order valence-electron chi connectivity index (χ4n) is 1.40. The van der Waals surface area contributed by atoms with E-state index in [1.165, 1.54) is 0 Å². The molecule has 1 amide bonds. The van der Waals surface area contributed by atoms with Crippen molar-refractivity contribution >= 4 is 24.2 Å². The molecule has 0 aromatic carbocycles. The molecule has 0 fully saturated rings. The smallest absolute Gasteiger partial charge is 0.251 e. The van der Waals surface area contributed by atoms with E-state index >= 15 is 0 Å². The zero-order valence-corrected chi connectivity index (χ0v) is 9.08. The summed E-state index contributed by atoms with van der Waals surface area (Å²) >= 11 is 4.17. The number of carbonyl (C=O) groups excluding carboxylic acids is 1. The molecule has 0 saturated carbocycles. The molecule has 1 aromatic rings. The summed E-state index contributed by atoms with van der Waals surface area (Å²) in [6, 6.07) is 5.57. The van der Waals surface area contributed by atoms with Crippen LogP contribution >= 0.6 is 12.6 Å². The Morgan fingerprint density at radius 3 is 2.87 bits per heavy atom.